The van der Waals surface area contributed by atoms with Gasteiger partial charge in [0.2, 0.25) is 0 Å². The van der Waals surface area contributed by atoms with Crippen molar-refractivity contribution in [3.05, 3.63) is 0 Å². The molecule has 1 nitrogen and oxygen atoms in total. The van der Waals surface area contributed by atoms with Crippen molar-refractivity contribution >= 4 is 0 Å². The Bertz CT molecular complexity index is 234. The van der Waals surface area contributed by atoms with Gasteiger partial charge < -0.3 is 5.32 Å². The quantitative estimate of drug-likeness (QED) is 0.568. The summed E-state index contributed by atoms with van der Waals surface area (Å²) in [5.41, 5.74) is 0. The summed E-state index contributed by atoms with van der Waals surface area (Å²) in [5, 5.41) is 3.79. The van der Waals surface area contributed by atoms with Crippen molar-refractivity contribution in [3.8, 4) is 0 Å². The first-order valence-electron chi connectivity index (χ1n) is 9.06. The molecule has 3 unspecified atom stereocenters. The van der Waals surface area contributed by atoms with E-state index in [4.69, 9.17) is 0 Å². The molecule has 0 spiro atoms. The second-order valence-electron chi connectivity index (χ2n) is 7.17. The molecule has 0 aromatic heterocycles. The largest absolute Gasteiger partial charge is 0.314 e. The normalized spacial score (nSPS) is 31.6. The van der Waals surface area contributed by atoms with Gasteiger partial charge in [-0.1, -0.05) is 58.8 Å². The van der Waals surface area contributed by atoms with Gasteiger partial charge in [-0.05, 0) is 50.0 Å². The van der Waals surface area contributed by atoms with Crippen LogP contribution in [0.4, 0.5) is 0 Å². The fourth-order valence-electron chi connectivity index (χ4n) is 3.98. The van der Waals surface area contributed by atoms with Crippen LogP contribution in [-0.2, 0) is 0 Å². The second kappa shape index (κ2) is 8.29. The molecule has 2 rings (SSSR count). The smallest absolute Gasteiger partial charge is 0.00683 e. The molecular weight excluding hydrogens is 230 g/mol. The number of hydrogen-bond donors (Lipinski definition) is 1. The van der Waals surface area contributed by atoms with E-state index in [9.17, 15) is 0 Å². The van der Waals surface area contributed by atoms with Crippen molar-refractivity contribution in [1.29, 1.82) is 0 Å². The summed E-state index contributed by atoms with van der Waals surface area (Å²) in [6, 6.07) is 0.893. The molecule has 3 atom stereocenters. The molecule has 0 bridgehead atoms. The zero-order valence-corrected chi connectivity index (χ0v) is 13.3. The van der Waals surface area contributed by atoms with Gasteiger partial charge in [0.05, 0.1) is 0 Å². The molecule has 19 heavy (non-hydrogen) atoms. The Morgan fingerprint density at radius 1 is 0.842 bits per heavy atom. The average Bonchev–Trinajstić information content (AvgIpc) is 3.22. The molecule has 0 aliphatic heterocycles. The highest BCUT2D eigenvalue weighted by Crippen LogP contribution is 2.39. The third-order valence-corrected chi connectivity index (χ3v) is 5.37. The van der Waals surface area contributed by atoms with Gasteiger partial charge in [0, 0.05) is 6.04 Å². The van der Waals surface area contributed by atoms with Crippen molar-refractivity contribution in [2.24, 2.45) is 17.8 Å². The maximum atomic E-state index is 3.79. The Morgan fingerprint density at radius 2 is 1.68 bits per heavy atom. The Balaban J connectivity index is 1.76. The molecule has 1 heteroatoms. The van der Waals surface area contributed by atoms with Crippen LogP contribution in [0, 0.1) is 17.8 Å². The van der Waals surface area contributed by atoms with Gasteiger partial charge in [-0.3, -0.25) is 0 Å². The summed E-state index contributed by atoms with van der Waals surface area (Å²) in [5.74, 6) is 3.07. The maximum Gasteiger partial charge on any atom is 0.00683 e. The Labute approximate surface area is 120 Å². The van der Waals surface area contributed by atoms with Gasteiger partial charge in [0.15, 0.2) is 0 Å². The minimum atomic E-state index is 0.893. The molecule has 2 fully saturated rings. The predicted molar refractivity (Wildman–Crippen MR) is 84.4 cm³/mol. The third-order valence-electron chi connectivity index (χ3n) is 5.37. The van der Waals surface area contributed by atoms with Crippen LogP contribution in [0.1, 0.15) is 84.5 Å². The number of nitrogens with one attached hydrogen (secondary N) is 1. The third kappa shape index (κ3) is 5.45. The van der Waals surface area contributed by atoms with Crippen LogP contribution in [0.2, 0.25) is 0 Å². The second-order valence-corrected chi connectivity index (χ2v) is 7.17. The van der Waals surface area contributed by atoms with Gasteiger partial charge >= 0.3 is 0 Å². The predicted octanol–water partition coefficient (Wildman–Crippen LogP) is 5.15. The zero-order chi connectivity index (χ0) is 13.5. The van der Waals surface area contributed by atoms with Gasteiger partial charge in [0.1, 0.15) is 0 Å². The van der Waals surface area contributed by atoms with E-state index in [0.717, 1.165) is 23.8 Å². The van der Waals surface area contributed by atoms with Crippen molar-refractivity contribution in [2.75, 3.05) is 6.54 Å². The number of rotatable bonds is 9. The van der Waals surface area contributed by atoms with Crippen molar-refractivity contribution < 1.29 is 0 Å². The van der Waals surface area contributed by atoms with Crippen LogP contribution in [0.25, 0.3) is 0 Å². The summed E-state index contributed by atoms with van der Waals surface area (Å²) in [6.07, 6.45) is 16.1. The molecule has 0 heterocycles. The molecule has 0 aromatic carbocycles. The number of unbranched alkanes of at least 4 members (excludes halogenated alkanes) is 2. The van der Waals surface area contributed by atoms with E-state index >= 15 is 0 Å². The minimum Gasteiger partial charge on any atom is -0.314 e. The van der Waals surface area contributed by atoms with Crippen LogP contribution < -0.4 is 5.32 Å². The maximum absolute atomic E-state index is 3.79. The van der Waals surface area contributed by atoms with E-state index in [-0.39, 0.29) is 0 Å². The molecule has 0 amide bonds. The first-order chi connectivity index (χ1) is 9.33. The van der Waals surface area contributed by atoms with E-state index in [2.05, 4.69) is 19.2 Å². The lowest BCUT2D eigenvalue weighted by Gasteiger charge is -2.36. The molecule has 0 aromatic rings. The topological polar surface area (TPSA) is 12.0 Å². The van der Waals surface area contributed by atoms with Crippen LogP contribution in [0.3, 0.4) is 0 Å². The molecular formula is C18H35N. The van der Waals surface area contributed by atoms with Gasteiger partial charge in [-0.15, -0.1) is 0 Å². The molecule has 2 aliphatic carbocycles. The first-order valence-corrected chi connectivity index (χ1v) is 9.06. The average molecular weight is 265 g/mol. The fraction of sp³-hybridized carbons (Fsp3) is 1.00. The monoisotopic (exact) mass is 265 g/mol. The van der Waals surface area contributed by atoms with Crippen LogP contribution in [0.5, 0.6) is 0 Å². The van der Waals surface area contributed by atoms with Gasteiger partial charge in [-0.25, -0.2) is 0 Å². The molecule has 1 N–H and O–H groups in total. The van der Waals surface area contributed by atoms with Crippen molar-refractivity contribution in [3.63, 3.8) is 0 Å². The van der Waals surface area contributed by atoms with E-state index in [0.29, 0.717) is 0 Å². The highest BCUT2D eigenvalue weighted by molar-refractivity contribution is 4.86. The molecule has 112 valence electrons. The van der Waals surface area contributed by atoms with E-state index < -0.39 is 0 Å². The Kier molecular flexibility index (Phi) is 6.70. The fourth-order valence-corrected chi connectivity index (χ4v) is 3.98. The zero-order valence-electron chi connectivity index (χ0n) is 13.3. The Hall–Kier alpha value is -0.0400. The molecule has 0 radical (unpaired) electrons. The summed E-state index contributed by atoms with van der Waals surface area (Å²) >= 11 is 0. The van der Waals surface area contributed by atoms with E-state index in [1.165, 1.54) is 77.2 Å². The Morgan fingerprint density at radius 3 is 2.37 bits per heavy atom. The molecule has 2 aliphatic rings. The van der Waals surface area contributed by atoms with Gasteiger partial charge in [-0.2, -0.15) is 0 Å². The SMILES string of the molecule is CCCCCC1CC(CCC)CCC1CNC1CC1. The highest BCUT2D eigenvalue weighted by atomic mass is 14.9. The van der Waals surface area contributed by atoms with E-state index in [1.54, 1.807) is 0 Å². The van der Waals surface area contributed by atoms with E-state index in [1.807, 2.05) is 0 Å². The number of hydrogen-bond acceptors (Lipinski definition) is 1. The lowest BCUT2D eigenvalue weighted by atomic mass is 9.71. The summed E-state index contributed by atoms with van der Waals surface area (Å²) in [4.78, 5) is 0. The molecule has 0 saturated heterocycles. The lowest BCUT2D eigenvalue weighted by Crippen LogP contribution is -2.34. The van der Waals surface area contributed by atoms with Crippen LogP contribution in [0.15, 0.2) is 0 Å². The highest BCUT2D eigenvalue weighted by Gasteiger charge is 2.31. The van der Waals surface area contributed by atoms with Crippen LogP contribution in [-0.4, -0.2) is 12.6 Å². The summed E-state index contributed by atoms with van der Waals surface area (Å²) < 4.78 is 0. The van der Waals surface area contributed by atoms with Crippen LogP contribution >= 0.6 is 0 Å². The summed E-state index contributed by atoms with van der Waals surface area (Å²) in [7, 11) is 0. The van der Waals surface area contributed by atoms with Crippen molar-refractivity contribution in [2.45, 2.75) is 90.5 Å². The summed E-state index contributed by atoms with van der Waals surface area (Å²) in [6.45, 7) is 6.00. The molecule has 2 saturated carbocycles. The minimum absolute atomic E-state index is 0.893. The standard InChI is InChI=1S/C18H35N/c1-3-5-6-8-16-13-15(7-4-2)9-10-17(16)14-19-18-11-12-18/h15-19H,3-14H2,1-2H3. The van der Waals surface area contributed by atoms with Crippen molar-refractivity contribution in [1.82, 2.24) is 5.32 Å². The van der Waals surface area contributed by atoms with Gasteiger partial charge in [0.25, 0.3) is 0 Å². The first kappa shape index (κ1) is 15.4. The lowest BCUT2D eigenvalue weighted by molar-refractivity contribution is 0.156.